The third kappa shape index (κ3) is 5.22. The maximum absolute atomic E-state index is 13.6. The molecule has 0 spiro atoms. The highest BCUT2D eigenvalue weighted by Gasteiger charge is 2.43. The van der Waals surface area contributed by atoms with E-state index in [2.05, 4.69) is 11.9 Å². The molecule has 1 atom stereocenters. The van der Waals surface area contributed by atoms with E-state index in [1.54, 1.807) is 20.8 Å². The lowest BCUT2D eigenvalue weighted by Gasteiger charge is -2.33. The van der Waals surface area contributed by atoms with Gasteiger partial charge in [-0.05, 0) is 29.8 Å². The fourth-order valence-corrected chi connectivity index (χ4v) is 4.89. The molecule has 2 aromatic rings. The molecule has 9 heteroatoms. The van der Waals surface area contributed by atoms with Crippen molar-refractivity contribution >= 4 is 17.8 Å². The first-order chi connectivity index (χ1) is 18.0. The zero-order valence-electron chi connectivity index (χ0n) is 20.6. The van der Waals surface area contributed by atoms with Crippen molar-refractivity contribution in [3.05, 3.63) is 84.1 Å². The number of morpholine rings is 1. The summed E-state index contributed by atoms with van der Waals surface area (Å²) < 4.78 is 11.3. The van der Waals surface area contributed by atoms with Crippen molar-refractivity contribution in [3.8, 4) is 11.5 Å². The van der Waals surface area contributed by atoms with Gasteiger partial charge in [-0.15, -0.1) is 6.58 Å². The Kier molecular flexibility index (Phi) is 7.23. The van der Waals surface area contributed by atoms with Gasteiger partial charge in [0, 0.05) is 32.6 Å². The molecule has 192 valence electrons. The van der Waals surface area contributed by atoms with Crippen LogP contribution in [0.5, 0.6) is 11.5 Å². The Morgan fingerprint density at radius 1 is 1.08 bits per heavy atom. The van der Waals surface area contributed by atoms with Gasteiger partial charge in [-0.2, -0.15) is 0 Å². The first kappa shape index (κ1) is 24.6. The van der Waals surface area contributed by atoms with Crippen molar-refractivity contribution in [2.24, 2.45) is 0 Å². The molecule has 0 aliphatic carbocycles. The van der Waals surface area contributed by atoms with Gasteiger partial charge in [-0.3, -0.25) is 14.5 Å². The minimum Gasteiger partial charge on any atom is -0.457 e. The summed E-state index contributed by atoms with van der Waals surface area (Å²) in [4.78, 5) is 44.4. The third-order valence-electron chi connectivity index (χ3n) is 6.74. The van der Waals surface area contributed by atoms with E-state index in [1.807, 2.05) is 54.6 Å². The van der Waals surface area contributed by atoms with Gasteiger partial charge in [0.05, 0.1) is 37.1 Å². The number of benzene rings is 2. The maximum Gasteiger partial charge on any atom is 0.322 e. The minimum atomic E-state index is -0.629. The van der Waals surface area contributed by atoms with Crippen LogP contribution in [-0.2, 0) is 14.3 Å². The fraction of sp³-hybridized carbons (Fsp3) is 0.321. The summed E-state index contributed by atoms with van der Waals surface area (Å²) in [7, 11) is 0. The lowest BCUT2D eigenvalue weighted by atomic mass is 9.95. The van der Waals surface area contributed by atoms with Crippen LogP contribution in [0.3, 0.4) is 0 Å². The first-order valence-corrected chi connectivity index (χ1v) is 12.4. The van der Waals surface area contributed by atoms with E-state index in [9.17, 15) is 14.4 Å². The van der Waals surface area contributed by atoms with E-state index in [4.69, 9.17) is 9.47 Å². The molecule has 1 unspecified atom stereocenters. The second-order valence-corrected chi connectivity index (χ2v) is 9.10. The lowest BCUT2D eigenvalue weighted by molar-refractivity contribution is -0.136. The van der Waals surface area contributed by atoms with Gasteiger partial charge in [0.1, 0.15) is 11.5 Å². The molecule has 2 aromatic carbocycles. The van der Waals surface area contributed by atoms with E-state index in [0.29, 0.717) is 49.1 Å². The van der Waals surface area contributed by atoms with Crippen LogP contribution in [0.1, 0.15) is 18.0 Å². The van der Waals surface area contributed by atoms with E-state index in [1.165, 1.54) is 0 Å². The number of nitrogens with zero attached hydrogens (tertiary/aromatic N) is 3. The molecule has 9 nitrogen and oxygen atoms in total. The summed E-state index contributed by atoms with van der Waals surface area (Å²) in [5.74, 6) is 1.11. The van der Waals surface area contributed by atoms with Crippen LogP contribution in [0, 0.1) is 0 Å². The highest BCUT2D eigenvalue weighted by molar-refractivity contribution is 6.01. The largest absolute Gasteiger partial charge is 0.457 e. The number of hydrogen-bond acceptors (Lipinski definition) is 5. The molecule has 0 radical (unpaired) electrons. The van der Waals surface area contributed by atoms with Gasteiger partial charge < -0.3 is 24.6 Å². The average Bonchev–Trinajstić information content (AvgIpc) is 3.26. The molecule has 0 aromatic heterocycles. The predicted molar refractivity (Wildman–Crippen MR) is 137 cm³/mol. The van der Waals surface area contributed by atoms with E-state index in [0.717, 1.165) is 5.56 Å². The van der Waals surface area contributed by atoms with Gasteiger partial charge in [-0.25, -0.2) is 4.79 Å². The van der Waals surface area contributed by atoms with Gasteiger partial charge >= 0.3 is 6.03 Å². The molecule has 3 aliphatic heterocycles. The quantitative estimate of drug-likeness (QED) is 0.561. The summed E-state index contributed by atoms with van der Waals surface area (Å²) >= 11 is 0. The van der Waals surface area contributed by atoms with Gasteiger partial charge in [0.25, 0.3) is 5.91 Å². The lowest BCUT2D eigenvalue weighted by Crippen LogP contribution is -2.47. The number of hydrogen-bond donors (Lipinski definition) is 1. The number of ether oxygens (including phenoxy) is 2. The van der Waals surface area contributed by atoms with Crippen molar-refractivity contribution < 1.29 is 23.9 Å². The van der Waals surface area contributed by atoms with Crippen LogP contribution < -0.4 is 10.1 Å². The van der Waals surface area contributed by atoms with Crippen molar-refractivity contribution in [2.75, 3.05) is 45.9 Å². The molecule has 0 bridgehead atoms. The Morgan fingerprint density at radius 3 is 2.59 bits per heavy atom. The molecule has 37 heavy (non-hydrogen) atoms. The summed E-state index contributed by atoms with van der Waals surface area (Å²) in [6.45, 7) is 6.78. The average molecular weight is 503 g/mol. The van der Waals surface area contributed by atoms with Crippen molar-refractivity contribution in [3.63, 3.8) is 0 Å². The van der Waals surface area contributed by atoms with Crippen LogP contribution in [-0.4, -0.2) is 78.5 Å². The highest BCUT2D eigenvalue weighted by Crippen LogP contribution is 2.37. The molecule has 0 saturated carbocycles. The Bertz CT molecular complexity index is 1220. The summed E-state index contributed by atoms with van der Waals surface area (Å²) in [6, 6.07) is 15.9. The standard InChI is InChI=1S/C28H30N4O5/c1-2-12-32-23-19-31(13-11-24(33)30-14-16-36-17-15-30)27(34)25(23)26(29-28(32)35)20-7-6-10-22(18-20)37-21-8-4-3-5-9-21/h2-10,18,26H,1,11-17,19H2,(H,29,35). The number of amides is 4. The van der Waals surface area contributed by atoms with Crippen LogP contribution in [0.15, 0.2) is 78.5 Å². The molecule has 3 heterocycles. The molecule has 1 fully saturated rings. The Labute approximate surface area is 215 Å². The second kappa shape index (κ2) is 10.9. The van der Waals surface area contributed by atoms with Gasteiger partial charge in [-0.1, -0.05) is 36.4 Å². The molecule has 1 saturated heterocycles. The molecule has 3 aliphatic rings. The zero-order chi connectivity index (χ0) is 25.8. The number of para-hydroxylation sites is 1. The maximum atomic E-state index is 13.6. The third-order valence-corrected chi connectivity index (χ3v) is 6.74. The van der Waals surface area contributed by atoms with Crippen LogP contribution >= 0.6 is 0 Å². The topological polar surface area (TPSA) is 91.4 Å². The van der Waals surface area contributed by atoms with Crippen LogP contribution in [0.25, 0.3) is 0 Å². The Balaban J connectivity index is 1.37. The number of rotatable bonds is 8. The molecule has 1 N–H and O–H groups in total. The first-order valence-electron chi connectivity index (χ1n) is 12.4. The summed E-state index contributed by atoms with van der Waals surface area (Å²) in [5.41, 5.74) is 1.90. The molecule has 4 amide bonds. The van der Waals surface area contributed by atoms with Crippen molar-refractivity contribution in [2.45, 2.75) is 12.5 Å². The Morgan fingerprint density at radius 2 is 1.84 bits per heavy atom. The molecular formula is C28H30N4O5. The SMILES string of the molecule is C=CCN1C(=O)NC(c2cccc(Oc3ccccc3)c2)C2=C1CN(CCC(=O)N1CCOCC1)C2=O. The summed E-state index contributed by atoms with van der Waals surface area (Å²) in [5, 5.41) is 2.99. The number of carbonyl (C=O) groups is 3. The number of urea groups is 1. The van der Waals surface area contributed by atoms with E-state index in [-0.39, 0.29) is 43.9 Å². The van der Waals surface area contributed by atoms with E-state index >= 15 is 0 Å². The summed E-state index contributed by atoms with van der Waals surface area (Å²) in [6.07, 6.45) is 1.86. The highest BCUT2D eigenvalue weighted by atomic mass is 16.5. The second-order valence-electron chi connectivity index (χ2n) is 9.10. The minimum absolute atomic E-state index is 0.000401. The monoisotopic (exact) mass is 502 g/mol. The van der Waals surface area contributed by atoms with Crippen molar-refractivity contribution in [1.82, 2.24) is 20.0 Å². The molecule has 5 rings (SSSR count). The van der Waals surface area contributed by atoms with Crippen LogP contribution in [0.4, 0.5) is 4.79 Å². The number of carbonyl (C=O) groups excluding carboxylic acids is 3. The normalized spacial score (nSPS) is 19.6. The predicted octanol–water partition coefficient (Wildman–Crippen LogP) is 3.08. The Hall–Kier alpha value is -4.11. The number of nitrogens with one attached hydrogen (secondary N) is 1. The zero-order valence-corrected chi connectivity index (χ0v) is 20.6. The van der Waals surface area contributed by atoms with Crippen LogP contribution in [0.2, 0.25) is 0 Å². The smallest absolute Gasteiger partial charge is 0.322 e. The fourth-order valence-electron chi connectivity index (χ4n) is 4.89. The van der Waals surface area contributed by atoms with Crippen molar-refractivity contribution in [1.29, 1.82) is 0 Å². The van der Waals surface area contributed by atoms with Gasteiger partial charge in [0.2, 0.25) is 5.91 Å². The van der Waals surface area contributed by atoms with E-state index < -0.39 is 6.04 Å². The molecular weight excluding hydrogens is 472 g/mol. The van der Waals surface area contributed by atoms with Gasteiger partial charge in [0.15, 0.2) is 0 Å².